The largest absolute Gasteiger partial charge is 0.497 e. The molecule has 2 aromatic carbocycles. The van der Waals surface area contributed by atoms with Gasteiger partial charge in [0.2, 0.25) is 5.91 Å². The molecule has 27 heavy (non-hydrogen) atoms. The molecule has 1 atom stereocenters. The molecule has 0 unspecified atom stereocenters. The fourth-order valence-corrected chi connectivity index (χ4v) is 3.26. The highest BCUT2D eigenvalue weighted by Crippen LogP contribution is 2.27. The van der Waals surface area contributed by atoms with Gasteiger partial charge in [0.25, 0.3) is 0 Å². The predicted molar refractivity (Wildman–Crippen MR) is 109 cm³/mol. The van der Waals surface area contributed by atoms with Gasteiger partial charge < -0.3 is 15.4 Å². The summed E-state index contributed by atoms with van der Waals surface area (Å²) in [7, 11) is 5.72. The first-order valence-electron chi connectivity index (χ1n) is 9.16. The van der Waals surface area contributed by atoms with Gasteiger partial charge in [-0.25, -0.2) is 0 Å². The molecule has 2 N–H and O–H groups in total. The van der Waals surface area contributed by atoms with Crippen molar-refractivity contribution in [2.75, 3.05) is 27.7 Å². The molecule has 0 aliphatic carbocycles. The maximum absolute atomic E-state index is 13.1. The van der Waals surface area contributed by atoms with Crippen molar-refractivity contribution in [2.45, 2.75) is 18.9 Å². The first-order chi connectivity index (χ1) is 13.0. The molecule has 3 aromatic rings. The van der Waals surface area contributed by atoms with Gasteiger partial charge in [-0.15, -0.1) is 0 Å². The number of rotatable bonds is 7. The fourth-order valence-electron chi connectivity index (χ4n) is 3.26. The number of fused-ring (bicyclic) bond motifs is 1. The average Bonchev–Trinajstić information content (AvgIpc) is 3.04. The first-order valence-corrected chi connectivity index (χ1v) is 9.16. The lowest BCUT2D eigenvalue weighted by molar-refractivity contribution is 0.0884. The van der Waals surface area contributed by atoms with Gasteiger partial charge in [0, 0.05) is 24.2 Å². The summed E-state index contributed by atoms with van der Waals surface area (Å²) in [5.41, 5.74) is 9.30. The van der Waals surface area contributed by atoms with E-state index in [0.717, 1.165) is 40.7 Å². The van der Waals surface area contributed by atoms with Crippen LogP contribution in [0, 0.1) is 0 Å². The lowest BCUT2D eigenvalue weighted by atomic mass is 10.1. The van der Waals surface area contributed by atoms with Crippen molar-refractivity contribution in [2.24, 2.45) is 5.73 Å². The maximum atomic E-state index is 13.1. The third-order valence-corrected chi connectivity index (χ3v) is 4.78. The molecule has 0 aliphatic heterocycles. The number of likely N-dealkylation sites (N-methyl/N-ethyl adjacent to an activating group) is 1. The van der Waals surface area contributed by atoms with Crippen LogP contribution in [-0.2, 0) is 12.8 Å². The summed E-state index contributed by atoms with van der Waals surface area (Å²) in [5, 5.41) is 1.07. The molecule has 3 rings (SSSR count). The average molecular weight is 365 g/mol. The van der Waals surface area contributed by atoms with Crippen LogP contribution in [-0.4, -0.2) is 49.2 Å². The van der Waals surface area contributed by atoms with Gasteiger partial charge >= 0.3 is 0 Å². The van der Waals surface area contributed by atoms with Gasteiger partial charge in [0.15, 0.2) is 0 Å². The lowest BCUT2D eigenvalue weighted by Crippen LogP contribution is -2.36. The molecule has 0 amide bonds. The van der Waals surface area contributed by atoms with Crippen molar-refractivity contribution >= 4 is 16.8 Å². The second-order valence-electron chi connectivity index (χ2n) is 7.10. The van der Waals surface area contributed by atoms with Crippen LogP contribution in [0.1, 0.15) is 15.9 Å². The smallest absolute Gasteiger partial charge is 0.248 e. The highest BCUT2D eigenvalue weighted by Gasteiger charge is 2.20. The van der Waals surface area contributed by atoms with Crippen LogP contribution in [0.15, 0.2) is 54.7 Å². The molecule has 0 fully saturated rings. The van der Waals surface area contributed by atoms with Gasteiger partial charge in [-0.1, -0.05) is 30.3 Å². The standard InChI is InChI=1S/C22H27N3O2/c1-24(2)12-11-17-15-25(21-14-18(27-3)9-10-19(17)21)22(26)20(23)13-16-7-5-4-6-8-16/h4-10,14-15,20H,11-13,23H2,1-3H3/t20-/m0/s1. The molecule has 0 radical (unpaired) electrons. The Labute approximate surface area is 160 Å². The van der Waals surface area contributed by atoms with Crippen molar-refractivity contribution in [1.82, 2.24) is 9.47 Å². The predicted octanol–water partition coefficient (Wildman–Crippen LogP) is 2.96. The van der Waals surface area contributed by atoms with Crippen LogP contribution in [0.3, 0.4) is 0 Å². The number of nitrogens with two attached hydrogens (primary N) is 1. The molecule has 0 saturated carbocycles. The van der Waals surface area contributed by atoms with Gasteiger partial charge in [-0.2, -0.15) is 0 Å². The number of hydrogen-bond donors (Lipinski definition) is 1. The van der Waals surface area contributed by atoms with Crippen molar-refractivity contribution in [3.8, 4) is 5.75 Å². The van der Waals surface area contributed by atoms with Gasteiger partial charge in [0.05, 0.1) is 18.7 Å². The highest BCUT2D eigenvalue weighted by atomic mass is 16.5. The zero-order chi connectivity index (χ0) is 19.4. The van der Waals surface area contributed by atoms with Crippen LogP contribution in [0.25, 0.3) is 10.9 Å². The third-order valence-electron chi connectivity index (χ3n) is 4.78. The second kappa shape index (κ2) is 8.37. The zero-order valence-electron chi connectivity index (χ0n) is 16.2. The summed E-state index contributed by atoms with van der Waals surface area (Å²) in [4.78, 5) is 15.2. The van der Waals surface area contributed by atoms with Gasteiger partial charge in [0.1, 0.15) is 5.75 Å². The normalized spacial score (nSPS) is 12.5. The lowest BCUT2D eigenvalue weighted by Gasteiger charge is -2.12. The minimum absolute atomic E-state index is 0.104. The number of benzene rings is 2. The third kappa shape index (κ3) is 4.38. The maximum Gasteiger partial charge on any atom is 0.248 e. The van der Waals surface area contributed by atoms with Crippen LogP contribution >= 0.6 is 0 Å². The topological polar surface area (TPSA) is 60.5 Å². The van der Waals surface area contributed by atoms with E-state index in [2.05, 4.69) is 4.90 Å². The van der Waals surface area contributed by atoms with Crippen molar-refractivity contribution in [1.29, 1.82) is 0 Å². The van der Waals surface area contributed by atoms with Crippen LogP contribution < -0.4 is 10.5 Å². The number of methoxy groups -OCH3 is 1. The molecule has 0 saturated heterocycles. The molecule has 5 heteroatoms. The van der Waals surface area contributed by atoms with E-state index in [0.29, 0.717) is 6.42 Å². The summed E-state index contributed by atoms with van der Waals surface area (Å²) in [6, 6.07) is 15.1. The monoisotopic (exact) mass is 365 g/mol. The fraction of sp³-hybridized carbons (Fsp3) is 0.318. The van der Waals surface area contributed by atoms with Crippen molar-refractivity contribution in [3.05, 3.63) is 65.9 Å². The highest BCUT2D eigenvalue weighted by molar-refractivity contribution is 5.97. The number of carbonyl (C=O) groups excluding carboxylic acids is 1. The number of aromatic nitrogens is 1. The minimum Gasteiger partial charge on any atom is -0.497 e. The molecule has 5 nitrogen and oxygen atoms in total. The van der Waals surface area contributed by atoms with Gasteiger partial charge in [-0.3, -0.25) is 9.36 Å². The Balaban J connectivity index is 1.94. The van der Waals surface area contributed by atoms with E-state index in [4.69, 9.17) is 10.5 Å². The van der Waals surface area contributed by atoms with E-state index in [9.17, 15) is 4.79 Å². The van der Waals surface area contributed by atoms with E-state index in [-0.39, 0.29) is 5.91 Å². The van der Waals surface area contributed by atoms with E-state index in [1.54, 1.807) is 11.7 Å². The minimum atomic E-state index is -0.601. The van der Waals surface area contributed by atoms with Crippen LogP contribution in [0.5, 0.6) is 5.75 Å². The van der Waals surface area contributed by atoms with E-state index in [1.165, 1.54) is 0 Å². The summed E-state index contributed by atoms with van der Waals surface area (Å²) in [6.45, 7) is 0.912. The van der Waals surface area contributed by atoms with Crippen LogP contribution in [0.4, 0.5) is 0 Å². The Hall–Kier alpha value is -2.63. The Bertz CT molecular complexity index is 916. The molecular weight excluding hydrogens is 338 g/mol. The summed E-state index contributed by atoms with van der Waals surface area (Å²) < 4.78 is 7.05. The SMILES string of the molecule is COc1ccc2c(CCN(C)C)cn(C(=O)[C@@H](N)Cc3ccccc3)c2c1. The number of hydrogen-bond acceptors (Lipinski definition) is 4. The molecule has 0 bridgehead atoms. The quantitative estimate of drug-likeness (QED) is 0.699. The first kappa shape index (κ1) is 19.1. The van der Waals surface area contributed by atoms with Crippen LogP contribution in [0.2, 0.25) is 0 Å². The Morgan fingerprint density at radius 3 is 2.59 bits per heavy atom. The van der Waals surface area contributed by atoms with Crippen molar-refractivity contribution < 1.29 is 9.53 Å². The molecule has 0 spiro atoms. The molecule has 1 aromatic heterocycles. The Morgan fingerprint density at radius 2 is 1.93 bits per heavy atom. The zero-order valence-corrected chi connectivity index (χ0v) is 16.2. The van der Waals surface area contributed by atoms with E-state index in [1.807, 2.05) is 68.8 Å². The van der Waals surface area contributed by atoms with Gasteiger partial charge in [-0.05, 0) is 50.2 Å². The Kier molecular flexibility index (Phi) is 5.94. The molecular formula is C22H27N3O2. The van der Waals surface area contributed by atoms with E-state index < -0.39 is 6.04 Å². The summed E-state index contributed by atoms with van der Waals surface area (Å²) >= 11 is 0. The Morgan fingerprint density at radius 1 is 1.19 bits per heavy atom. The summed E-state index contributed by atoms with van der Waals surface area (Å²) in [6.07, 6.45) is 3.31. The number of nitrogens with zero attached hydrogens (tertiary/aromatic N) is 2. The second-order valence-corrected chi connectivity index (χ2v) is 7.10. The number of ether oxygens (including phenoxy) is 1. The molecule has 0 aliphatic rings. The number of carbonyl (C=O) groups is 1. The molecule has 1 heterocycles. The summed E-state index contributed by atoms with van der Waals surface area (Å²) in [5.74, 6) is 0.624. The molecule has 142 valence electrons. The van der Waals surface area contributed by atoms with E-state index >= 15 is 0 Å². The van der Waals surface area contributed by atoms with Crippen molar-refractivity contribution in [3.63, 3.8) is 0 Å².